The largest absolute Gasteiger partial charge is 0.494 e. The number of carbonyl (C=O) groups is 1. The average Bonchev–Trinajstić information content (AvgIpc) is 2.75. The summed E-state index contributed by atoms with van der Waals surface area (Å²) in [5.74, 6) is 1.20. The first-order chi connectivity index (χ1) is 14.2. The maximum Gasteiger partial charge on any atom is 0.254 e. The molecule has 2 aromatic carbocycles. The summed E-state index contributed by atoms with van der Waals surface area (Å²) in [4.78, 5) is 28.6. The average molecular weight is 393 g/mol. The van der Waals surface area contributed by atoms with Crippen LogP contribution < -0.4 is 20.3 Å². The second kappa shape index (κ2) is 10.1. The molecular weight excluding hydrogens is 370 g/mol. The minimum atomic E-state index is -0.281. The molecule has 1 aromatic heterocycles. The normalized spacial score (nSPS) is 10.4. The Morgan fingerprint density at radius 2 is 1.72 bits per heavy atom. The molecule has 0 bridgehead atoms. The summed E-state index contributed by atoms with van der Waals surface area (Å²) in [6.45, 7) is 3.09. The predicted molar refractivity (Wildman–Crippen MR) is 110 cm³/mol. The van der Waals surface area contributed by atoms with Gasteiger partial charge in [0, 0.05) is 11.6 Å². The number of hydrogen-bond donors (Lipinski definition) is 1. The molecule has 0 atom stereocenters. The Bertz CT molecular complexity index is 985. The second-order valence-corrected chi connectivity index (χ2v) is 6.21. The van der Waals surface area contributed by atoms with Crippen molar-refractivity contribution in [2.75, 3.05) is 19.8 Å². The molecule has 0 saturated carbocycles. The summed E-state index contributed by atoms with van der Waals surface area (Å²) in [6.07, 6.45) is 1.39. The Kier molecular flexibility index (Phi) is 7.00. The third-order valence-corrected chi connectivity index (χ3v) is 4.09. The van der Waals surface area contributed by atoms with Crippen molar-refractivity contribution in [3.8, 4) is 22.8 Å². The number of hydrogen-bond acceptors (Lipinski definition) is 5. The van der Waals surface area contributed by atoms with Crippen LogP contribution in [-0.4, -0.2) is 35.2 Å². The van der Waals surface area contributed by atoms with Gasteiger partial charge in [-0.3, -0.25) is 14.2 Å². The van der Waals surface area contributed by atoms with Crippen LogP contribution in [0.15, 0.2) is 71.8 Å². The molecule has 1 amide bonds. The lowest BCUT2D eigenvalue weighted by Gasteiger charge is -2.10. The zero-order valence-corrected chi connectivity index (χ0v) is 16.2. The Morgan fingerprint density at radius 3 is 2.38 bits per heavy atom. The van der Waals surface area contributed by atoms with Gasteiger partial charge in [0.25, 0.3) is 5.56 Å². The van der Waals surface area contributed by atoms with Gasteiger partial charge < -0.3 is 14.8 Å². The van der Waals surface area contributed by atoms with Crippen molar-refractivity contribution < 1.29 is 14.3 Å². The number of rotatable bonds is 9. The summed E-state index contributed by atoms with van der Waals surface area (Å²) in [6, 6.07) is 18.1. The van der Waals surface area contributed by atoms with Crippen molar-refractivity contribution in [3.63, 3.8) is 0 Å². The van der Waals surface area contributed by atoms with Crippen LogP contribution >= 0.6 is 0 Å². The number of amides is 1. The van der Waals surface area contributed by atoms with Crippen molar-refractivity contribution in [3.05, 3.63) is 77.3 Å². The van der Waals surface area contributed by atoms with Gasteiger partial charge in [-0.05, 0) is 31.2 Å². The summed E-state index contributed by atoms with van der Waals surface area (Å²) in [5, 5.41) is 2.73. The lowest BCUT2D eigenvalue weighted by atomic mass is 10.1. The van der Waals surface area contributed by atoms with E-state index < -0.39 is 0 Å². The highest BCUT2D eigenvalue weighted by Crippen LogP contribution is 2.17. The zero-order valence-electron chi connectivity index (χ0n) is 16.2. The van der Waals surface area contributed by atoms with E-state index in [1.165, 1.54) is 17.0 Å². The third-order valence-electron chi connectivity index (χ3n) is 4.09. The van der Waals surface area contributed by atoms with Crippen molar-refractivity contribution in [2.24, 2.45) is 0 Å². The Morgan fingerprint density at radius 1 is 1.03 bits per heavy atom. The second-order valence-electron chi connectivity index (χ2n) is 6.21. The molecule has 0 aliphatic carbocycles. The van der Waals surface area contributed by atoms with E-state index in [1.807, 2.05) is 61.5 Å². The molecule has 7 heteroatoms. The first-order valence-electron chi connectivity index (χ1n) is 9.40. The predicted octanol–water partition coefficient (Wildman–Crippen LogP) is 2.50. The van der Waals surface area contributed by atoms with Crippen molar-refractivity contribution in [1.82, 2.24) is 14.9 Å². The fourth-order valence-electron chi connectivity index (χ4n) is 2.68. The first kappa shape index (κ1) is 20.1. The van der Waals surface area contributed by atoms with E-state index in [1.54, 1.807) is 0 Å². The van der Waals surface area contributed by atoms with E-state index in [-0.39, 0.29) is 18.0 Å². The third kappa shape index (κ3) is 5.93. The van der Waals surface area contributed by atoms with E-state index in [9.17, 15) is 9.59 Å². The Hall–Kier alpha value is -3.61. The standard InChI is InChI=1S/C22H23N3O4/c1-2-28-18-8-10-19(11-9-18)29-13-12-23-21(26)15-25-16-24-20(14-22(25)27)17-6-4-3-5-7-17/h3-11,14,16H,2,12-13,15H2,1H3,(H,23,26). The highest BCUT2D eigenvalue weighted by Gasteiger charge is 2.07. The summed E-state index contributed by atoms with van der Waals surface area (Å²) in [5.41, 5.74) is 1.16. The number of benzene rings is 2. The van der Waals surface area contributed by atoms with Crippen molar-refractivity contribution >= 4 is 5.91 Å². The quantitative estimate of drug-likeness (QED) is 0.565. The molecule has 0 saturated heterocycles. The van der Waals surface area contributed by atoms with Gasteiger partial charge in [0.15, 0.2) is 0 Å². The molecule has 1 heterocycles. The summed E-state index contributed by atoms with van der Waals surface area (Å²) in [7, 11) is 0. The van der Waals surface area contributed by atoms with E-state index in [0.717, 1.165) is 11.3 Å². The molecule has 7 nitrogen and oxygen atoms in total. The molecule has 0 fully saturated rings. The smallest absolute Gasteiger partial charge is 0.254 e. The lowest BCUT2D eigenvalue weighted by Crippen LogP contribution is -2.34. The van der Waals surface area contributed by atoms with Crippen LogP contribution in [0.5, 0.6) is 11.5 Å². The van der Waals surface area contributed by atoms with E-state index in [4.69, 9.17) is 9.47 Å². The van der Waals surface area contributed by atoms with Crippen molar-refractivity contribution in [1.29, 1.82) is 0 Å². The topological polar surface area (TPSA) is 82.4 Å². The number of nitrogens with one attached hydrogen (secondary N) is 1. The van der Waals surface area contributed by atoms with Crippen molar-refractivity contribution in [2.45, 2.75) is 13.5 Å². The van der Waals surface area contributed by atoms with Gasteiger partial charge in [-0.2, -0.15) is 0 Å². The van der Waals surface area contributed by atoms with Crippen LogP contribution in [0.3, 0.4) is 0 Å². The fraction of sp³-hybridized carbons (Fsp3) is 0.227. The number of carbonyl (C=O) groups excluding carboxylic acids is 1. The molecule has 1 N–H and O–H groups in total. The Balaban J connectivity index is 1.45. The molecule has 150 valence electrons. The number of aromatic nitrogens is 2. The van der Waals surface area contributed by atoms with Crippen LogP contribution in [0.1, 0.15) is 6.92 Å². The fourth-order valence-corrected chi connectivity index (χ4v) is 2.68. The monoisotopic (exact) mass is 393 g/mol. The maximum atomic E-state index is 12.2. The molecule has 0 radical (unpaired) electrons. The zero-order chi connectivity index (χ0) is 20.5. The molecule has 0 unspecified atom stereocenters. The SMILES string of the molecule is CCOc1ccc(OCCNC(=O)Cn2cnc(-c3ccccc3)cc2=O)cc1. The molecule has 0 spiro atoms. The highest BCUT2D eigenvalue weighted by molar-refractivity contribution is 5.75. The summed E-state index contributed by atoms with van der Waals surface area (Å²) < 4.78 is 12.2. The van der Waals surface area contributed by atoms with Gasteiger partial charge in [-0.15, -0.1) is 0 Å². The number of nitrogens with zero attached hydrogens (tertiary/aromatic N) is 2. The minimum absolute atomic E-state index is 0.0933. The molecule has 0 aliphatic heterocycles. The number of ether oxygens (including phenoxy) is 2. The van der Waals surface area contributed by atoms with Gasteiger partial charge in [0.1, 0.15) is 24.7 Å². The van der Waals surface area contributed by atoms with Crippen LogP contribution in [-0.2, 0) is 11.3 Å². The van der Waals surface area contributed by atoms with Crippen LogP contribution in [0.25, 0.3) is 11.3 Å². The molecule has 29 heavy (non-hydrogen) atoms. The van der Waals surface area contributed by atoms with Crippen LogP contribution in [0.2, 0.25) is 0 Å². The van der Waals surface area contributed by atoms with E-state index in [2.05, 4.69) is 10.3 Å². The Labute approximate surface area is 168 Å². The molecular formula is C22H23N3O4. The van der Waals surface area contributed by atoms with E-state index in [0.29, 0.717) is 31.2 Å². The summed E-state index contributed by atoms with van der Waals surface area (Å²) >= 11 is 0. The van der Waals surface area contributed by atoms with Gasteiger partial charge in [0.2, 0.25) is 5.91 Å². The molecule has 3 aromatic rings. The van der Waals surface area contributed by atoms with Gasteiger partial charge >= 0.3 is 0 Å². The first-order valence-corrected chi connectivity index (χ1v) is 9.40. The van der Waals surface area contributed by atoms with Crippen LogP contribution in [0, 0.1) is 0 Å². The van der Waals surface area contributed by atoms with E-state index >= 15 is 0 Å². The van der Waals surface area contributed by atoms with Crippen LogP contribution in [0.4, 0.5) is 0 Å². The highest BCUT2D eigenvalue weighted by atomic mass is 16.5. The maximum absolute atomic E-state index is 12.2. The molecule has 3 rings (SSSR count). The molecule has 0 aliphatic rings. The lowest BCUT2D eigenvalue weighted by molar-refractivity contribution is -0.121. The van der Waals surface area contributed by atoms with Gasteiger partial charge in [-0.1, -0.05) is 30.3 Å². The minimum Gasteiger partial charge on any atom is -0.494 e. The van der Waals surface area contributed by atoms with Gasteiger partial charge in [0.05, 0.1) is 25.2 Å². The van der Waals surface area contributed by atoms with Gasteiger partial charge in [-0.25, -0.2) is 4.98 Å².